The molecule has 1 unspecified atom stereocenters. The Balaban J connectivity index is 1.50. The fraction of sp³-hybridized carbons (Fsp3) is 0.381. The van der Waals surface area contributed by atoms with Gasteiger partial charge in [-0.15, -0.1) is 0 Å². The van der Waals surface area contributed by atoms with Crippen LogP contribution in [0, 0.1) is 0 Å². The molecule has 3 rings (SSSR count). The lowest BCUT2D eigenvalue weighted by molar-refractivity contribution is -0.133. The minimum absolute atomic E-state index is 0.0627. The number of amides is 2. The second-order valence-electron chi connectivity index (χ2n) is 6.82. The fourth-order valence-electron chi connectivity index (χ4n) is 3.31. The molecule has 0 spiro atoms. The number of aromatic nitrogens is 1. The Morgan fingerprint density at radius 1 is 1.15 bits per heavy atom. The van der Waals surface area contributed by atoms with E-state index in [1.807, 2.05) is 31.2 Å². The van der Waals surface area contributed by atoms with E-state index in [1.54, 1.807) is 18.1 Å². The van der Waals surface area contributed by atoms with Crippen LogP contribution in [0.3, 0.4) is 0 Å². The van der Waals surface area contributed by atoms with Crippen LogP contribution in [0.2, 0.25) is 0 Å². The summed E-state index contributed by atoms with van der Waals surface area (Å²) in [6, 6.07) is 11.6. The molecule has 2 aromatic rings. The van der Waals surface area contributed by atoms with Gasteiger partial charge in [-0.25, -0.2) is 0 Å². The first-order chi connectivity index (χ1) is 12.5. The molecule has 1 atom stereocenters. The zero-order chi connectivity index (χ0) is 18.5. The van der Waals surface area contributed by atoms with Crippen LogP contribution in [0.25, 0.3) is 0 Å². The third-order valence-corrected chi connectivity index (χ3v) is 5.04. The molecule has 0 saturated carbocycles. The van der Waals surface area contributed by atoms with Gasteiger partial charge in [-0.3, -0.25) is 14.6 Å². The first-order valence-electron chi connectivity index (χ1n) is 9.13. The van der Waals surface area contributed by atoms with Gasteiger partial charge in [0, 0.05) is 31.8 Å². The molecule has 136 valence electrons. The lowest BCUT2D eigenvalue weighted by atomic mass is 10.1. The Bertz CT molecular complexity index is 789. The Labute approximate surface area is 154 Å². The largest absolute Gasteiger partial charge is 0.337 e. The summed E-state index contributed by atoms with van der Waals surface area (Å²) in [5, 5.41) is 2.90. The molecule has 0 saturated heterocycles. The van der Waals surface area contributed by atoms with E-state index in [4.69, 9.17) is 0 Å². The summed E-state index contributed by atoms with van der Waals surface area (Å²) in [6.45, 7) is 1.94. The number of benzene rings is 1. The molecule has 1 heterocycles. The van der Waals surface area contributed by atoms with Gasteiger partial charge in [0.05, 0.1) is 11.7 Å². The van der Waals surface area contributed by atoms with E-state index < -0.39 is 0 Å². The third kappa shape index (κ3) is 4.28. The molecular weight excluding hydrogens is 326 g/mol. The van der Waals surface area contributed by atoms with Gasteiger partial charge in [0.2, 0.25) is 11.8 Å². The quantitative estimate of drug-likeness (QED) is 0.866. The Morgan fingerprint density at radius 3 is 2.73 bits per heavy atom. The molecule has 5 heteroatoms. The van der Waals surface area contributed by atoms with Crippen molar-refractivity contribution in [2.24, 2.45) is 0 Å². The lowest BCUT2D eigenvalue weighted by Gasteiger charge is -2.24. The second-order valence-corrected chi connectivity index (χ2v) is 6.82. The van der Waals surface area contributed by atoms with Crippen molar-refractivity contribution in [3.8, 4) is 0 Å². The van der Waals surface area contributed by atoms with Gasteiger partial charge in [-0.2, -0.15) is 0 Å². The van der Waals surface area contributed by atoms with E-state index in [-0.39, 0.29) is 30.7 Å². The van der Waals surface area contributed by atoms with Gasteiger partial charge in [0.15, 0.2) is 0 Å². The highest BCUT2D eigenvalue weighted by Crippen LogP contribution is 2.25. The number of fused-ring (bicyclic) bond motifs is 1. The number of rotatable bonds is 6. The number of hydrogen-bond acceptors (Lipinski definition) is 3. The van der Waals surface area contributed by atoms with Crippen LogP contribution in [0.15, 0.2) is 42.6 Å². The predicted molar refractivity (Wildman–Crippen MR) is 102 cm³/mol. The number of carbonyl (C=O) groups excluding carboxylic acids is 2. The van der Waals surface area contributed by atoms with Crippen LogP contribution < -0.4 is 5.32 Å². The van der Waals surface area contributed by atoms with Crippen molar-refractivity contribution in [3.63, 3.8) is 0 Å². The summed E-state index contributed by atoms with van der Waals surface area (Å²) in [4.78, 5) is 30.5. The maximum atomic E-state index is 12.4. The van der Waals surface area contributed by atoms with Crippen LogP contribution in [0.1, 0.15) is 49.0 Å². The molecular formula is C21H25N3O2. The third-order valence-electron chi connectivity index (χ3n) is 5.04. The number of nitrogens with zero attached hydrogens (tertiary/aromatic N) is 2. The number of anilines is 1. The van der Waals surface area contributed by atoms with Crippen LogP contribution in [-0.2, 0) is 22.4 Å². The molecule has 0 radical (unpaired) electrons. The average Bonchev–Trinajstić information content (AvgIpc) is 3.13. The van der Waals surface area contributed by atoms with Crippen molar-refractivity contribution in [2.75, 3.05) is 12.4 Å². The van der Waals surface area contributed by atoms with Crippen LogP contribution in [0.4, 0.5) is 5.69 Å². The fourth-order valence-corrected chi connectivity index (χ4v) is 3.31. The molecule has 2 amide bonds. The standard InChI is InChI=1S/C21H25N3O2/c1-15(19-8-3-4-13-22-19)24(2)21(26)12-11-20(25)23-18-10-9-16-6-5-7-17(16)14-18/h3-4,8-10,13-15H,5-7,11-12H2,1-2H3,(H,23,25). The zero-order valence-corrected chi connectivity index (χ0v) is 15.4. The van der Waals surface area contributed by atoms with Crippen molar-refractivity contribution in [2.45, 2.75) is 45.1 Å². The first-order valence-corrected chi connectivity index (χ1v) is 9.13. The highest BCUT2D eigenvalue weighted by molar-refractivity contribution is 5.93. The minimum atomic E-state index is -0.129. The summed E-state index contributed by atoms with van der Waals surface area (Å²) >= 11 is 0. The molecule has 5 nitrogen and oxygen atoms in total. The highest BCUT2D eigenvalue weighted by Gasteiger charge is 2.19. The summed E-state index contributed by atoms with van der Waals surface area (Å²) in [6.07, 6.45) is 5.46. The number of carbonyl (C=O) groups is 2. The normalized spacial score (nSPS) is 13.8. The van der Waals surface area contributed by atoms with E-state index >= 15 is 0 Å². The Kier molecular flexibility index (Phi) is 5.66. The van der Waals surface area contributed by atoms with Crippen molar-refractivity contribution < 1.29 is 9.59 Å². The molecule has 1 aromatic heterocycles. The van der Waals surface area contributed by atoms with Crippen molar-refractivity contribution in [3.05, 3.63) is 59.4 Å². The lowest BCUT2D eigenvalue weighted by Crippen LogP contribution is -2.30. The van der Waals surface area contributed by atoms with E-state index in [9.17, 15) is 9.59 Å². The van der Waals surface area contributed by atoms with E-state index in [1.165, 1.54) is 17.5 Å². The van der Waals surface area contributed by atoms with Gasteiger partial charge in [-0.05, 0) is 61.6 Å². The number of nitrogens with one attached hydrogen (secondary N) is 1. The number of pyridine rings is 1. The van der Waals surface area contributed by atoms with E-state index in [0.29, 0.717) is 0 Å². The topological polar surface area (TPSA) is 62.3 Å². The molecule has 0 aliphatic heterocycles. The molecule has 1 aromatic carbocycles. The smallest absolute Gasteiger partial charge is 0.224 e. The summed E-state index contributed by atoms with van der Waals surface area (Å²) in [7, 11) is 1.75. The van der Waals surface area contributed by atoms with Crippen LogP contribution in [0.5, 0.6) is 0 Å². The van der Waals surface area contributed by atoms with Crippen LogP contribution >= 0.6 is 0 Å². The second kappa shape index (κ2) is 8.13. The molecule has 26 heavy (non-hydrogen) atoms. The van der Waals surface area contributed by atoms with E-state index in [0.717, 1.165) is 24.2 Å². The maximum absolute atomic E-state index is 12.4. The minimum Gasteiger partial charge on any atom is -0.337 e. The Morgan fingerprint density at radius 2 is 1.96 bits per heavy atom. The number of hydrogen-bond donors (Lipinski definition) is 1. The Hall–Kier alpha value is -2.69. The summed E-state index contributed by atoms with van der Waals surface area (Å²) in [5.41, 5.74) is 4.36. The van der Waals surface area contributed by atoms with E-state index in [2.05, 4.69) is 22.4 Å². The first kappa shape index (κ1) is 18.1. The van der Waals surface area contributed by atoms with Gasteiger partial charge >= 0.3 is 0 Å². The molecule has 1 N–H and O–H groups in total. The van der Waals surface area contributed by atoms with Crippen molar-refractivity contribution >= 4 is 17.5 Å². The molecule has 1 aliphatic rings. The van der Waals surface area contributed by atoms with Gasteiger partial charge in [-0.1, -0.05) is 12.1 Å². The number of aryl methyl sites for hydroxylation is 2. The van der Waals surface area contributed by atoms with Gasteiger partial charge < -0.3 is 10.2 Å². The molecule has 0 bridgehead atoms. The summed E-state index contributed by atoms with van der Waals surface area (Å²) in [5.74, 6) is -0.192. The highest BCUT2D eigenvalue weighted by atomic mass is 16.2. The summed E-state index contributed by atoms with van der Waals surface area (Å²) < 4.78 is 0. The monoisotopic (exact) mass is 351 g/mol. The predicted octanol–water partition coefficient (Wildman–Crippen LogP) is 3.51. The SMILES string of the molecule is CC(c1ccccn1)N(C)C(=O)CCC(=O)Nc1ccc2c(c1)CCC2. The van der Waals surface area contributed by atoms with Gasteiger partial charge in [0.1, 0.15) is 0 Å². The van der Waals surface area contributed by atoms with Crippen LogP contribution in [-0.4, -0.2) is 28.7 Å². The van der Waals surface area contributed by atoms with Gasteiger partial charge in [0.25, 0.3) is 0 Å². The average molecular weight is 351 g/mol. The maximum Gasteiger partial charge on any atom is 0.224 e. The van der Waals surface area contributed by atoms with Crippen molar-refractivity contribution in [1.82, 2.24) is 9.88 Å². The zero-order valence-electron chi connectivity index (χ0n) is 15.4. The molecule has 0 fully saturated rings. The van der Waals surface area contributed by atoms with Crippen molar-refractivity contribution in [1.29, 1.82) is 0 Å². The molecule has 1 aliphatic carbocycles.